The normalized spacial score (nSPS) is 17.9. The number of nitrogens with zero attached hydrogens (tertiary/aromatic N) is 1. The van der Waals surface area contributed by atoms with Crippen LogP contribution in [0.5, 0.6) is 5.75 Å². The molecule has 0 N–H and O–H groups in total. The molecule has 3 rings (SSSR count). The summed E-state index contributed by atoms with van der Waals surface area (Å²) in [6, 6.07) is 13.6. The topological polar surface area (TPSA) is 29.5 Å². The largest absolute Gasteiger partial charge is 0.497 e. The third-order valence-corrected chi connectivity index (χ3v) is 5.53. The van der Waals surface area contributed by atoms with E-state index in [-0.39, 0.29) is 5.91 Å². The molecule has 25 heavy (non-hydrogen) atoms. The van der Waals surface area contributed by atoms with Crippen LogP contribution < -0.4 is 4.74 Å². The quantitative estimate of drug-likeness (QED) is 0.651. The summed E-state index contributed by atoms with van der Waals surface area (Å²) in [5.74, 6) is 1.20. The Morgan fingerprint density at radius 1 is 1.20 bits per heavy atom. The number of benzene rings is 2. The van der Waals surface area contributed by atoms with Crippen LogP contribution in [-0.4, -0.2) is 31.0 Å². The maximum Gasteiger partial charge on any atom is 0.255 e. The molecule has 0 spiro atoms. The van der Waals surface area contributed by atoms with Crippen molar-refractivity contribution in [2.45, 2.75) is 25.2 Å². The van der Waals surface area contributed by atoms with Crippen LogP contribution in [0.2, 0.25) is 5.02 Å². The molecule has 1 unspecified atom stereocenters. The predicted molar refractivity (Wildman–Crippen MR) is 105 cm³/mol. The van der Waals surface area contributed by atoms with Crippen LogP contribution in [0.4, 0.5) is 0 Å². The lowest BCUT2D eigenvalue weighted by Crippen LogP contribution is -2.34. The van der Waals surface area contributed by atoms with Crippen molar-refractivity contribution in [3.8, 4) is 5.75 Å². The first kappa shape index (κ1) is 18.3. The van der Waals surface area contributed by atoms with Crippen LogP contribution in [0.25, 0.3) is 0 Å². The van der Waals surface area contributed by atoms with Crippen molar-refractivity contribution in [2.75, 3.05) is 20.2 Å². The van der Waals surface area contributed by atoms with Crippen LogP contribution in [-0.2, 0) is 0 Å². The molecule has 132 valence electrons. The number of carbonyl (C=O) groups is 1. The first-order valence-corrected chi connectivity index (χ1v) is 9.64. The summed E-state index contributed by atoms with van der Waals surface area (Å²) in [5, 5.41) is 0.499. The second-order valence-corrected chi connectivity index (χ2v) is 7.66. The highest BCUT2D eigenvalue weighted by Gasteiger charge is 2.25. The number of carbonyl (C=O) groups excluding carboxylic acids is 1. The summed E-state index contributed by atoms with van der Waals surface area (Å²) in [6.07, 6.45) is 3.22. The number of rotatable bonds is 3. The maximum atomic E-state index is 13.0. The van der Waals surface area contributed by atoms with Gasteiger partial charge in [-0.3, -0.25) is 4.79 Å². The molecule has 2 aromatic rings. The minimum Gasteiger partial charge on any atom is -0.497 e. The molecule has 5 heteroatoms. The van der Waals surface area contributed by atoms with Gasteiger partial charge in [0.2, 0.25) is 0 Å². The Balaban J connectivity index is 1.81. The molecule has 0 radical (unpaired) electrons. The molecule has 0 aromatic heterocycles. The zero-order valence-electron chi connectivity index (χ0n) is 14.2. The highest BCUT2D eigenvalue weighted by atomic mass is 79.9. The number of amides is 1. The minimum absolute atomic E-state index is 0.00621. The Kier molecular flexibility index (Phi) is 6.02. The third kappa shape index (κ3) is 4.36. The van der Waals surface area contributed by atoms with Gasteiger partial charge >= 0.3 is 0 Å². The van der Waals surface area contributed by atoms with Gasteiger partial charge < -0.3 is 9.64 Å². The Morgan fingerprint density at radius 3 is 2.68 bits per heavy atom. The molecule has 1 fully saturated rings. The summed E-state index contributed by atoms with van der Waals surface area (Å²) in [6.45, 7) is 1.49. The van der Waals surface area contributed by atoms with E-state index in [0.29, 0.717) is 23.0 Å². The van der Waals surface area contributed by atoms with E-state index in [2.05, 4.69) is 28.1 Å². The molecule has 0 aliphatic carbocycles. The molecule has 0 saturated carbocycles. The fraction of sp³-hybridized carbons (Fsp3) is 0.350. The van der Waals surface area contributed by atoms with E-state index < -0.39 is 0 Å². The number of hydrogen-bond donors (Lipinski definition) is 0. The van der Waals surface area contributed by atoms with Gasteiger partial charge in [-0.15, -0.1) is 0 Å². The first-order valence-electron chi connectivity index (χ1n) is 8.47. The number of ether oxygens (including phenoxy) is 1. The van der Waals surface area contributed by atoms with Crippen molar-refractivity contribution in [1.82, 2.24) is 4.90 Å². The monoisotopic (exact) mass is 421 g/mol. The minimum atomic E-state index is 0.00621. The lowest BCUT2D eigenvalue weighted by atomic mass is 9.94. The molecule has 0 bridgehead atoms. The van der Waals surface area contributed by atoms with Gasteiger partial charge in [0.25, 0.3) is 5.91 Å². The van der Waals surface area contributed by atoms with Crippen LogP contribution in [0.15, 0.2) is 46.9 Å². The number of likely N-dealkylation sites (tertiary alicyclic amines) is 1. The van der Waals surface area contributed by atoms with Gasteiger partial charge in [0, 0.05) is 23.5 Å². The molecule has 2 aromatic carbocycles. The van der Waals surface area contributed by atoms with E-state index in [4.69, 9.17) is 16.3 Å². The second kappa shape index (κ2) is 8.24. The fourth-order valence-electron chi connectivity index (χ4n) is 3.31. The summed E-state index contributed by atoms with van der Waals surface area (Å²) >= 11 is 9.68. The molecular weight excluding hydrogens is 402 g/mol. The van der Waals surface area contributed by atoms with Gasteiger partial charge in [-0.25, -0.2) is 0 Å². The highest BCUT2D eigenvalue weighted by Crippen LogP contribution is 2.30. The summed E-state index contributed by atoms with van der Waals surface area (Å²) < 4.78 is 6.10. The number of halogens is 2. The van der Waals surface area contributed by atoms with Gasteiger partial charge in [0.1, 0.15) is 5.75 Å². The second-order valence-electron chi connectivity index (χ2n) is 6.34. The van der Waals surface area contributed by atoms with E-state index in [1.807, 2.05) is 23.1 Å². The summed E-state index contributed by atoms with van der Waals surface area (Å²) in [7, 11) is 1.67. The van der Waals surface area contributed by atoms with E-state index >= 15 is 0 Å². The SMILES string of the molecule is COc1ccc(C2CCCCN(C(=O)c3cc(Br)ccc3Cl)C2)cc1. The van der Waals surface area contributed by atoms with Crippen LogP contribution in [0, 0.1) is 0 Å². The number of methoxy groups -OCH3 is 1. The predicted octanol–water partition coefficient (Wildman–Crippen LogP) is 5.52. The standard InChI is InChI=1S/C20H21BrClNO2/c1-25-17-8-5-14(6-9-17)15-4-2-3-11-23(13-15)20(24)18-12-16(21)7-10-19(18)22/h5-10,12,15H,2-4,11,13H2,1H3. The molecule has 1 atom stereocenters. The van der Waals surface area contributed by atoms with Crippen molar-refractivity contribution in [3.63, 3.8) is 0 Å². The van der Waals surface area contributed by atoms with Gasteiger partial charge in [0.15, 0.2) is 0 Å². The van der Waals surface area contributed by atoms with Crippen molar-refractivity contribution < 1.29 is 9.53 Å². The third-order valence-electron chi connectivity index (χ3n) is 4.70. The van der Waals surface area contributed by atoms with Crippen molar-refractivity contribution in [3.05, 3.63) is 63.1 Å². The zero-order chi connectivity index (χ0) is 17.8. The summed E-state index contributed by atoms with van der Waals surface area (Å²) in [5.41, 5.74) is 1.81. The fourth-order valence-corrected chi connectivity index (χ4v) is 3.87. The molecule has 1 heterocycles. The summed E-state index contributed by atoms with van der Waals surface area (Å²) in [4.78, 5) is 14.9. The van der Waals surface area contributed by atoms with E-state index in [0.717, 1.165) is 36.0 Å². The Hall–Kier alpha value is -1.52. The highest BCUT2D eigenvalue weighted by molar-refractivity contribution is 9.10. The molecular formula is C20H21BrClNO2. The van der Waals surface area contributed by atoms with Crippen molar-refractivity contribution in [1.29, 1.82) is 0 Å². The van der Waals surface area contributed by atoms with Gasteiger partial charge in [-0.2, -0.15) is 0 Å². The molecule has 1 saturated heterocycles. The maximum absolute atomic E-state index is 13.0. The van der Waals surface area contributed by atoms with E-state index in [9.17, 15) is 4.79 Å². The molecule has 1 aliphatic heterocycles. The van der Waals surface area contributed by atoms with Gasteiger partial charge in [-0.05, 0) is 48.7 Å². The Bertz CT molecular complexity index is 748. The van der Waals surface area contributed by atoms with Crippen LogP contribution in [0.1, 0.15) is 41.1 Å². The number of hydrogen-bond acceptors (Lipinski definition) is 2. The lowest BCUT2D eigenvalue weighted by Gasteiger charge is -2.25. The van der Waals surface area contributed by atoms with Crippen molar-refractivity contribution in [2.24, 2.45) is 0 Å². The molecule has 3 nitrogen and oxygen atoms in total. The molecule has 1 amide bonds. The van der Waals surface area contributed by atoms with E-state index in [1.54, 1.807) is 19.2 Å². The Morgan fingerprint density at radius 2 is 1.96 bits per heavy atom. The Labute approximate surface area is 162 Å². The average Bonchev–Trinajstić information content (AvgIpc) is 2.89. The van der Waals surface area contributed by atoms with Crippen LogP contribution in [0.3, 0.4) is 0 Å². The van der Waals surface area contributed by atoms with Gasteiger partial charge in [0.05, 0.1) is 17.7 Å². The molecule has 1 aliphatic rings. The first-order chi connectivity index (χ1) is 12.1. The lowest BCUT2D eigenvalue weighted by molar-refractivity contribution is 0.0754. The average molecular weight is 423 g/mol. The van der Waals surface area contributed by atoms with E-state index in [1.165, 1.54) is 5.56 Å². The van der Waals surface area contributed by atoms with Gasteiger partial charge in [-0.1, -0.05) is 46.1 Å². The van der Waals surface area contributed by atoms with Crippen molar-refractivity contribution >= 4 is 33.4 Å². The zero-order valence-corrected chi connectivity index (χ0v) is 16.5. The van der Waals surface area contributed by atoms with Crippen LogP contribution >= 0.6 is 27.5 Å². The smallest absolute Gasteiger partial charge is 0.255 e.